The van der Waals surface area contributed by atoms with E-state index in [0.717, 1.165) is 13.0 Å². The number of nitrogens with zero attached hydrogens (tertiary/aromatic N) is 1. The van der Waals surface area contributed by atoms with E-state index in [1.54, 1.807) is 0 Å². The van der Waals surface area contributed by atoms with Gasteiger partial charge in [0.1, 0.15) is 0 Å². The molecule has 0 amide bonds. The van der Waals surface area contributed by atoms with Crippen LogP contribution in [0, 0.1) is 0 Å². The standard InChI is InChI=1S/C9H19NO2S/c1-8(2)12-9(13)11-7-5-6-10(3)4/h8H,5-7H2,1-4H3. The van der Waals surface area contributed by atoms with E-state index < -0.39 is 0 Å². The van der Waals surface area contributed by atoms with Crippen molar-refractivity contribution in [3.8, 4) is 0 Å². The van der Waals surface area contributed by atoms with Crippen molar-refractivity contribution in [1.82, 2.24) is 4.90 Å². The Morgan fingerprint density at radius 2 is 2.00 bits per heavy atom. The second-order valence-corrected chi connectivity index (χ2v) is 3.76. The van der Waals surface area contributed by atoms with Crippen molar-refractivity contribution >= 4 is 17.5 Å². The van der Waals surface area contributed by atoms with Gasteiger partial charge in [0.05, 0.1) is 12.7 Å². The fraction of sp³-hybridized carbons (Fsp3) is 0.889. The van der Waals surface area contributed by atoms with Gasteiger partial charge in [-0.2, -0.15) is 0 Å². The van der Waals surface area contributed by atoms with Gasteiger partial charge < -0.3 is 14.4 Å². The molecule has 0 heterocycles. The first-order valence-electron chi connectivity index (χ1n) is 4.50. The number of hydrogen-bond acceptors (Lipinski definition) is 4. The third kappa shape index (κ3) is 9.56. The lowest BCUT2D eigenvalue weighted by Crippen LogP contribution is -2.17. The molecule has 78 valence electrons. The van der Waals surface area contributed by atoms with Gasteiger partial charge >= 0.3 is 5.24 Å². The molecule has 0 N–H and O–H groups in total. The first kappa shape index (κ1) is 12.7. The van der Waals surface area contributed by atoms with E-state index >= 15 is 0 Å². The minimum absolute atomic E-state index is 0.0985. The van der Waals surface area contributed by atoms with Crippen LogP contribution in [0.3, 0.4) is 0 Å². The second-order valence-electron chi connectivity index (χ2n) is 3.42. The Morgan fingerprint density at radius 1 is 1.38 bits per heavy atom. The summed E-state index contributed by atoms with van der Waals surface area (Å²) in [6.07, 6.45) is 1.07. The molecule has 0 fully saturated rings. The fourth-order valence-electron chi connectivity index (χ4n) is 0.763. The van der Waals surface area contributed by atoms with Gasteiger partial charge in [-0.05, 0) is 34.4 Å². The Bertz CT molecular complexity index is 149. The lowest BCUT2D eigenvalue weighted by atomic mass is 10.4. The summed E-state index contributed by atoms with van der Waals surface area (Å²) in [6, 6.07) is 0. The maximum absolute atomic E-state index is 5.19. The zero-order valence-corrected chi connectivity index (χ0v) is 9.69. The van der Waals surface area contributed by atoms with E-state index in [1.165, 1.54) is 0 Å². The molecule has 0 aromatic rings. The summed E-state index contributed by atoms with van der Waals surface area (Å²) in [6.45, 7) is 5.49. The smallest absolute Gasteiger partial charge is 0.352 e. The Kier molecular flexibility index (Phi) is 6.90. The normalized spacial score (nSPS) is 10.6. The molecule has 4 heteroatoms. The molecule has 0 atom stereocenters. The van der Waals surface area contributed by atoms with Gasteiger partial charge in [-0.3, -0.25) is 0 Å². The van der Waals surface area contributed by atoms with E-state index in [0.29, 0.717) is 6.61 Å². The Morgan fingerprint density at radius 3 is 2.46 bits per heavy atom. The predicted molar refractivity (Wildman–Crippen MR) is 57.9 cm³/mol. The lowest BCUT2D eigenvalue weighted by molar-refractivity contribution is 0.136. The van der Waals surface area contributed by atoms with Gasteiger partial charge in [-0.15, -0.1) is 0 Å². The predicted octanol–water partition coefficient (Wildman–Crippen LogP) is 1.66. The van der Waals surface area contributed by atoms with Gasteiger partial charge in [-0.1, -0.05) is 0 Å². The average Bonchev–Trinajstić information content (AvgIpc) is 1.96. The summed E-state index contributed by atoms with van der Waals surface area (Å²) in [4.78, 5) is 2.11. The summed E-state index contributed by atoms with van der Waals surface area (Å²) in [5.41, 5.74) is 0. The minimum Gasteiger partial charge on any atom is -0.457 e. The number of rotatable bonds is 5. The van der Waals surface area contributed by atoms with Gasteiger partial charge in [-0.25, -0.2) is 0 Å². The van der Waals surface area contributed by atoms with Crippen molar-refractivity contribution in [3.05, 3.63) is 0 Å². The molecular weight excluding hydrogens is 186 g/mol. The third-order valence-corrected chi connectivity index (χ3v) is 1.52. The van der Waals surface area contributed by atoms with Crippen molar-refractivity contribution in [2.75, 3.05) is 27.2 Å². The molecule has 0 aliphatic rings. The highest BCUT2D eigenvalue weighted by atomic mass is 32.1. The molecule has 3 nitrogen and oxygen atoms in total. The lowest BCUT2D eigenvalue weighted by Gasteiger charge is -2.12. The van der Waals surface area contributed by atoms with Gasteiger partial charge in [0, 0.05) is 18.8 Å². The van der Waals surface area contributed by atoms with E-state index in [4.69, 9.17) is 21.7 Å². The van der Waals surface area contributed by atoms with E-state index in [1.807, 2.05) is 27.9 Å². The number of hydrogen-bond donors (Lipinski definition) is 0. The first-order chi connectivity index (χ1) is 6.02. The highest BCUT2D eigenvalue weighted by Crippen LogP contribution is 1.94. The van der Waals surface area contributed by atoms with E-state index in [9.17, 15) is 0 Å². The molecule has 0 saturated carbocycles. The summed E-state index contributed by atoms with van der Waals surface area (Å²) >= 11 is 4.85. The molecule has 0 aliphatic heterocycles. The van der Waals surface area contributed by atoms with Crippen molar-refractivity contribution < 1.29 is 9.47 Å². The van der Waals surface area contributed by atoms with Crippen LogP contribution in [0.15, 0.2) is 0 Å². The molecule has 0 aromatic heterocycles. The largest absolute Gasteiger partial charge is 0.457 e. The molecule has 0 saturated heterocycles. The van der Waals surface area contributed by atoms with Crippen LogP contribution in [0.2, 0.25) is 0 Å². The highest BCUT2D eigenvalue weighted by Gasteiger charge is 2.01. The number of ether oxygens (including phenoxy) is 2. The van der Waals surface area contributed by atoms with Crippen molar-refractivity contribution in [2.45, 2.75) is 26.4 Å². The van der Waals surface area contributed by atoms with Crippen LogP contribution >= 0.6 is 12.2 Å². The monoisotopic (exact) mass is 205 g/mol. The molecule has 0 radical (unpaired) electrons. The molecule has 0 unspecified atom stereocenters. The average molecular weight is 205 g/mol. The van der Waals surface area contributed by atoms with Crippen LogP contribution in [0.25, 0.3) is 0 Å². The van der Waals surface area contributed by atoms with Crippen LogP contribution < -0.4 is 0 Å². The van der Waals surface area contributed by atoms with E-state index in [2.05, 4.69) is 4.90 Å². The van der Waals surface area contributed by atoms with Gasteiger partial charge in [0.15, 0.2) is 0 Å². The summed E-state index contributed by atoms with van der Waals surface area (Å²) in [5, 5.41) is 0.258. The highest BCUT2D eigenvalue weighted by molar-refractivity contribution is 7.79. The first-order valence-corrected chi connectivity index (χ1v) is 4.91. The summed E-state index contributed by atoms with van der Waals surface area (Å²) < 4.78 is 10.3. The van der Waals surface area contributed by atoms with Crippen LogP contribution in [-0.4, -0.2) is 43.5 Å². The van der Waals surface area contributed by atoms with Crippen molar-refractivity contribution in [1.29, 1.82) is 0 Å². The summed E-state index contributed by atoms with van der Waals surface area (Å²) in [5.74, 6) is 0. The number of thiocarbonyl (C=S) groups is 1. The molecular formula is C9H19NO2S. The van der Waals surface area contributed by atoms with Crippen molar-refractivity contribution in [3.63, 3.8) is 0 Å². The van der Waals surface area contributed by atoms with Crippen LogP contribution in [-0.2, 0) is 9.47 Å². The van der Waals surface area contributed by atoms with Crippen LogP contribution in [0.1, 0.15) is 20.3 Å². The molecule has 0 rings (SSSR count). The summed E-state index contributed by atoms with van der Waals surface area (Å²) in [7, 11) is 4.06. The maximum atomic E-state index is 5.19. The Labute approximate surface area is 86.0 Å². The SMILES string of the molecule is CC(C)OC(=S)OCCCN(C)C. The molecule has 0 bridgehead atoms. The van der Waals surface area contributed by atoms with Crippen LogP contribution in [0.5, 0.6) is 0 Å². The van der Waals surface area contributed by atoms with Gasteiger partial charge in [0.2, 0.25) is 0 Å². The molecule has 13 heavy (non-hydrogen) atoms. The second kappa shape index (κ2) is 7.09. The zero-order chi connectivity index (χ0) is 10.3. The topological polar surface area (TPSA) is 21.7 Å². The Balaban J connectivity index is 3.27. The molecule has 0 aliphatic carbocycles. The van der Waals surface area contributed by atoms with Crippen LogP contribution in [0.4, 0.5) is 0 Å². The maximum Gasteiger partial charge on any atom is 0.352 e. The minimum atomic E-state index is 0.0985. The Hall–Kier alpha value is -0.350. The van der Waals surface area contributed by atoms with E-state index in [-0.39, 0.29) is 11.3 Å². The van der Waals surface area contributed by atoms with Crippen molar-refractivity contribution in [2.24, 2.45) is 0 Å². The fourth-order valence-corrected chi connectivity index (χ4v) is 1.04. The third-order valence-electron chi connectivity index (χ3n) is 1.30. The molecule has 0 spiro atoms. The zero-order valence-electron chi connectivity index (χ0n) is 8.87. The quantitative estimate of drug-likeness (QED) is 0.502. The van der Waals surface area contributed by atoms with Gasteiger partial charge in [0.25, 0.3) is 0 Å². The molecule has 0 aromatic carbocycles.